The topological polar surface area (TPSA) is 82.9 Å². The molecule has 102 valence electrons. The zero-order valence-electron chi connectivity index (χ0n) is 9.84. The number of hydrogen-bond acceptors (Lipinski definition) is 4. The third kappa shape index (κ3) is 3.10. The van der Waals surface area contributed by atoms with Gasteiger partial charge in [0.25, 0.3) is 10.0 Å². The molecule has 5 nitrogen and oxygen atoms in total. The van der Waals surface area contributed by atoms with E-state index in [4.69, 9.17) is 16.9 Å². The van der Waals surface area contributed by atoms with Gasteiger partial charge in [-0.2, -0.15) is 5.26 Å². The lowest BCUT2D eigenvalue weighted by molar-refractivity contribution is 0.601. The van der Waals surface area contributed by atoms with Crippen molar-refractivity contribution < 1.29 is 8.42 Å². The van der Waals surface area contributed by atoms with Crippen LogP contribution in [0.4, 0.5) is 5.69 Å². The maximum absolute atomic E-state index is 12.2. The average molecular weight is 373 g/mol. The number of nitrogens with one attached hydrogen (secondary N) is 1. The number of nitriles is 1. The van der Waals surface area contributed by atoms with Crippen LogP contribution in [0, 0.1) is 11.3 Å². The second kappa shape index (κ2) is 5.79. The van der Waals surface area contributed by atoms with Crippen molar-refractivity contribution in [3.8, 4) is 6.07 Å². The van der Waals surface area contributed by atoms with Crippen molar-refractivity contribution in [2.45, 2.75) is 4.90 Å². The Kier molecular flexibility index (Phi) is 4.28. The lowest BCUT2D eigenvalue weighted by Gasteiger charge is -2.10. The van der Waals surface area contributed by atoms with Crippen molar-refractivity contribution in [2.24, 2.45) is 0 Å². The largest absolute Gasteiger partial charge is 0.278 e. The predicted molar refractivity (Wildman–Crippen MR) is 78.9 cm³/mol. The molecule has 0 saturated heterocycles. The number of nitrogens with zero attached hydrogens (tertiary/aromatic N) is 2. The number of pyridine rings is 1. The highest BCUT2D eigenvalue weighted by molar-refractivity contribution is 9.10. The molecule has 20 heavy (non-hydrogen) atoms. The number of sulfonamides is 1. The van der Waals surface area contributed by atoms with E-state index < -0.39 is 10.0 Å². The van der Waals surface area contributed by atoms with Gasteiger partial charge in [0.2, 0.25) is 0 Å². The molecular weight excluding hydrogens is 366 g/mol. The molecule has 0 spiro atoms. The molecule has 1 heterocycles. The van der Waals surface area contributed by atoms with Gasteiger partial charge in [0, 0.05) is 16.9 Å². The maximum atomic E-state index is 12.2. The molecule has 0 fully saturated rings. The molecule has 0 saturated carbocycles. The summed E-state index contributed by atoms with van der Waals surface area (Å²) in [7, 11) is -3.90. The quantitative estimate of drug-likeness (QED) is 0.897. The second-order valence-electron chi connectivity index (χ2n) is 3.71. The predicted octanol–water partition coefficient (Wildman–Crippen LogP) is 3.17. The van der Waals surface area contributed by atoms with E-state index in [-0.39, 0.29) is 21.2 Å². The summed E-state index contributed by atoms with van der Waals surface area (Å²) in [5.74, 6) is 0. The van der Waals surface area contributed by atoms with Crippen molar-refractivity contribution in [2.75, 3.05) is 4.72 Å². The Morgan fingerprint density at radius 2 is 2.10 bits per heavy atom. The van der Waals surface area contributed by atoms with Crippen LogP contribution in [0.3, 0.4) is 0 Å². The molecule has 0 amide bonds. The van der Waals surface area contributed by atoms with Gasteiger partial charge in [-0.25, -0.2) is 8.42 Å². The standard InChI is InChI=1S/C12H7BrClN3O2S/c13-9-1-2-11(8(5-9)6-15)17-20(18,19)12-7-16-4-3-10(12)14/h1-5,7,17H. The fraction of sp³-hybridized carbons (Fsp3) is 0. The van der Waals surface area contributed by atoms with Crippen LogP contribution >= 0.6 is 27.5 Å². The van der Waals surface area contributed by atoms with Crippen molar-refractivity contribution >= 4 is 43.2 Å². The Bertz CT molecular complexity index is 803. The summed E-state index contributed by atoms with van der Waals surface area (Å²) >= 11 is 9.06. The number of hydrogen-bond donors (Lipinski definition) is 1. The SMILES string of the molecule is N#Cc1cc(Br)ccc1NS(=O)(=O)c1cnccc1Cl. The van der Waals surface area contributed by atoms with Crippen LogP contribution in [0.25, 0.3) is 0 Å². The van der Waals surface area contributed by atoms with Gasteiger partial charge in [0.05, 0.1) is 16.3 Å². The van der Waals surface area contributed by atoms with Crippen molar-refractivity contribution in [3.05, 3.63) is 51.7 Å². The van der Waals surface area contributed by atoms with Gasteiger partial charge in [-0.1, -0.05) is 27.5 Å². The van der Waals surface area contributed by atoms with E-state index in [1.54, 1.807) is 6.07 Å². The zero-order valence-corrected chi connectivity index (χ0v) is 13.0. The summed E-state index contributed by atoms with van der Waals surface area (Å²) in [5.41, 5.74) is 0.374. The van der Waals surface area contributed by atoms with Crippen LogP contribution in [0.15, 0.2) is 46.0 Å². The molecule has 0 aliphatic carbocycles. The maximum Gasteiger partial charge on any atom is 0.264 e. The summed E-state index contributed by atoms with van der Waals surface area (Å²) in [6.07, 6.45) is 2.54. The number of benzene rings is 1. The molecule has 0 radical (unpaired) electrons. The van der Waals surface area contributed by atoms with E-state index in [0.29, 0.717) is 4.47 Å². The highest BCUT2D eigenvalue weighted by atomic mass is 79.9. The molecule has 0 atom stereocenters. The zero-order chi connectivity index (χ0) is 14.8. The van der Waals surface area contributed by atoms with Crippen LogP contribution < -0.4 is 4.72 Å². The van der Waals surface area contributed by atoms with Gasteiger partial charge in [0.1, 0.15) is 11.0 Å². The normalized spacial score (nSPS) is 10.8. The Morgan fingerprint density at radius 1 is 1.35 bits per heavy atom. The molecular formula is C12H7BrClN3O2S. The highest BCUT2D eigenvalue weighted by Gasteiger charge is 2.19. The Balaban J connectivity index is 2.45. The molecule has 1 aromatic heterocycles. The first kappa shape index (κ1) is 14.8. The molecule has 0 aliphatic rings. The minimum atomic E-state index is -3.90. The molecule has 0 aliphatic heterocycles. The van der Waals surface area contributed by atoms with Crippen molar-refractivity contribution in [3.63, 3.8) is 0 Å². The first-order valence-corrected chi connectivity index (χ1v) is 7.91. The van der Waals surface area contributed by atoms with Gasteiger partial charge in [-0.05, 0) is 24.3 Å². The summed E-state index contributed by atoms with van der Waals surface area (Å²) in [4.78, 5) is 3.59. The van der Waals surface area contributed by atoms with E-state index in [9.17, 15) is 8.42 Å². The van der Waals surface area contributed by atoms with E-state index in [1.165, 1.54) is 24.4 Å². The first-order chi connectivity index (χ1) is 9.44. The van der Waals surface area contributed by atoms with Crippen LogP contribution in [0.5, 0.6) is 0 Å². The fourth-order valence-electron chi connectivity index (χ4n) is 1.46. The lowest BCUT2D eigenvalue weighted by atomic mass is 10.2. The monoisotopic (exact) mass is 371 g/mol. The minimum Gasteiger partial charge on any atom is -0.278 e. The van der Waals surface area contributed by atoms with E-state index in [2.05, 4.69) is 25.6 Å². The van der Waals surface area contributed by atoms with E-state index in [1.807, 2.05) is 6.07 Å². The van der Waals surface area contributed by atoms with Crippen LogP contribution in [-0.4, -0.2) is 13.4 Å². The third-order valence-corrected chi connectivity index (χ3v) is 4.70. The van der Waals surface area contributed by atoms with E-state index in [0.717, 1.165) is 6.20 Å². The summed E-state index contributed by atoms with van der Waals surface area (Å²) in [6.45, 7) is 0. The molecule has 2 rings (SSSR count). The number of anilines is 1. The highest BCUT2D eigenvalue weighted by Crippen LogP contribution is 2.25. The molecule has 0 unspecified atom stereocenters. The Labute approximate surface area is 129 Å². The lowest BCUT2D eigenvalue weighted by Crippen LogP contribution is -2.14. The van der Waals surface area contributed by atoms with Crippen LogP contribution in [0.2, 0.25) is 5.02 Å². The molecule has 2 aromatic rings. The number of aromatic nitrogens is 1. The van der Waals surface area contributed by atoms with Crippen LogP contribution in [0.1, 0.15) is 5.56 Å². The third-order valence-electron chi connectivity index (χ3n) is 2.37. The van der Waals surface area contributed by atoms with E-state index >= 15 is 0 Å². The van der Waals surface area contributed by atoms with Crippen molar-refractivity contribution in [1.29, 1.82) is 5.26 Å². The first-order valence-electron chi connectivity index (χ1n) is 5.26. The molecule has 8 heteroatoms. The van der Waals surface area contributed by atoms with Gasteiger partial charge in [0.15, 0.2) is 0 Å². The van der Waals surface area contributed by atoms with Gasteiger partial charge in [-0.15, -0.1) is 0 Å². The number of rotatable bonds is 3. The number of halogens is 2. The molecule has 0 bridgehead atoms. The minimum absolute atomic E-state index is 0.0584. The fourth-order valence-corrected chi connectivity index (χ4v) is 3.33. The summed E-state index contributed by atoms with van der Waals surface area (Å²) in [5, 5.41) is 9.08. The molecule has 1 aromatic carbocycles. The van der Waals surface area contributed by atoms with Gasteiger partial charge >= 0.3 is 0 Å². The molecule has 1 N–H and O–H groups in total. The van der Waals surface area contributed by atoms with Gasteiger partial charge in [-0.3, -0.25) is 9.71 Å². The average Bonchev–Trinajstić information content (AvgIpc) is 2.41. The van der Waals surface area contributed by atoms with Crippen molar-refractivity contribution in [1.82, 2.24) is 4.98 Å². The Hall–Kier alpha value is -1.62. The summed E-state index contributed by atoms with van der Waals surface area (Å²) < 4.78 is 27.4. The van der Waals surface area contributed by atoms with Gasteiger partial charge < -0.3 is 0 Å². The summed E-state index contributed by atoms with van der Waals surface area (Å²) in [6, 6.07) is 7.93. The van der Waals surface area contributed by atoms with Crippen LogP contribution in [-0.2, 0) is 10.0 Å². The smallest absolute Gasteiger partial charge is 0.264 e. The Morgan fingerprint density at radius 3 is 2.75 bits per heavy atom. The second-order valence-corrected chi connectivity index (χ2v) is 6.69.